The van der Waals surface area contributed by atoms with E-state index >= 15 is 0 Å². The Morgan fingerprint density at radius 2 is 1.65 bits per heavy atom. The Bertz CT molecular complexity index is 319. The maximum atomic E-state index is 5.92. The standard InChI is InChI=1S/C14H23NO2/c1-5-15-11-14(3,4)17-13-9-7-12(8-10-13)16-6-2/h7-10,15H,5-6,11H2,1-4H3. The first-order valence-corrected chi connectivity index (χ1v) is 6.20. The highest BCUT2D eigenvalue weighted by Crippen LogP contribution is 2.21. The summed E-state index contributed by atoms with van der Waals surface area (Å²) in [6.07, 6.45) is 0. The van der Waals surface area contributed by atoms with Crippen LogP contribution in [-0.2, 0) is 0 Å². The average molecular weight is 237 g/mol. The quantitative estimate of drug-likeness (QED) is 0.791. The molecule has 0 atom stereocenters. The maximum Gasteiger partial charge on any atom is 0.120 e. The molecule has 0 amide bonds. The summed E-state index contributed by atoms with van der Waals surface area (Å²) >= 11 is 0. The smallest absolute Gasteiger partial charge is 0.120 e. The summed E-state index contributed by atoms with van der Waals surface area (Å²) in [5.74, 6) is 1.75. The van der Waals surface area contributed by atoms with E-state index in [2.05, 4.69) is 26.1 Å². The Balaban J connectivity index is 2.55. The van der Waals surface area contributed by atoms with Crippen molar-refractivity contribution in [1.29, 1.82) is 0 Å². The summed E-state index contributed by atoms with van der Waals surface area (Å²) in [4.78, 5) is 0. The first-order valence-electron chi connectivity index (χ1n) is 6.20. The highest BCUT2D eigenvalue weighted by molar-refractivity contribution is 5.31. The van der Waals surface area contributed by atoms with Gasteiger partial charge in [0.05, 0.1) is 6.61 Å². The largest absolute Gasteiger partial charge is 0.494 e. The minimum atomic E-state index is -0.205. The van der Waals surface area contributed by atoms with E-state index in [4.69, 9.17) is 9.47 Å². The highest BCUT2D eigenvalue weighted by Gasteiger charge is 2.18. The van der Waals surface area contributed by atoms with E-state index in [1.54, 1.807) is 0 Å². The van der Waals surface area contributed by atoms with Crippen molar-refractivity contribution < 1.29 is 9.47 Å². The monoisotopic (exact) mass is 237 g/mol. The van der Waals surface area contributed by atoms with E-state index in [1.165, 1.54) is 0 Å². The van der Waals surface area contributed by atoms with Crippen molar-refractivity contribution in [2.45, 2.75) is 33.3 Å². The van der Waals surface area contributed by atoms with Crippen LogP contribution in [0.5, 0.6) is 11.5 Å². The van der Waals surface area contributed by atoms with Gasteiger partial charge in [0.1, 0.15) is 17.1 Å². The lowest BCUT2D eigenvalue weighted by Crippen LogP contribution is -2.40. The molecule has 0 saturated heterocycles. The summed E-state index contributed by atoms with van der Waals surface area (Å²) in [6, 6.07) is 7.75. The van der Waals surface area contributed by atoms with Crippen molar-refractivity contribution in [3.05, 3.63) is 24.3 Å². The molecule has 0 fully saturated rings. The zero-order valence-corrected chi connectivity index (χ0v) is 11.2. The summed E-state index contributed by atoms with van der Waals surface area (Å²) in [7, 11) is 0. The first kappa shape index (κ1) is 13.8. The molecule has 0 unspecified atom stereocenters. The topological polar surface area (TPSA) is 30.5 Å². The van der Waals surface area contributed by atoms with E-state index < -0.39 is 0 Å². The molecule has 0 bridgehead atoms. The third-order valence-electron chi connectivity index (χ3n) is 2.33. The minimum Gasteiger partial charge on any atom is -0.494 e. The van der Waals surface area contributed by atoms with Crippen molar-refractivity contribution >= 4 is 0 Å². The van der Waals surface area contributed by atoms with Crippen LogP contribution >= 0.6 is 0 Å². The molecule has 3 heteroatoms. The molecule has 0 heterocycles. The molecule has 17 heavy (non-hydrogen) atoms. The lowest BCUT2D eigenvalue weighted by atomic mass is 10.1. The zero-order chi connectivity index (χ0) is 12.7. The molecule has 1 rings (SSSR count). The number of hydrogen-bond donors (Lipinski definition) is 1. The van der Waals surface area contributed by atoms with Crippen LogP contribution in [0.1, 0.15) is 27.7 Å². The van der Waals surface area contributed by atoms with Gasteiger partial charge in [0, 0.05) is 6.54 Å². The third kappa shape index (κ3) is 5.09. The normalized spacial score (nSPS) is 11.3. The van der Waals surface area contributed by atoms with Crippen LogP contribution in [0.4, 0.5) is 0 Å². The Kier molecular flexibility index (Phi) is 5.29. The maximum absolute atomic E-state index is 5.92. The zero-order valence-electron chi connectivity index (χ0n) is 11.2. The fourth-order valence-electron chi connectivity index (χ4n) is 1.55. The molecule has 0 aliphatic carbocycles. The summed E-state index contributed by atoms with van der Waals surface area (Å²) < 4.78 is 11.3. The van der Waals surface area contributed by atoms with Gasteiger partial charge in [-0.1, -0.05) is 6.92 Å². The van der Waals surface area contributed by atoms with E-state index in [9.17, 15) is 0 Å². The van der Waals surface area contributed by atoms with E-state index in [0.29, 0.717) is 6.61 Å². The van der Waals surface area contributed by atoms with Gasteiger partial charge in [-0.2, -0.15) is 0 Å². The van der Waals surface area contributed by atoms with E-state index in [0.717, 1.165) is 24.6 Å². The molecule has 0 saturated carbocycles. The molecule has 0 aliphatic heterocycles. The predicted molar refractivity (Wildman–Crippen MR) is 70.9 cm³/mol. The fraction of sp³-hybridized carbons (Fsp3) is 0.571. The Labute approximate surface area is 104 Å². The Morgan fingerprint density at radius 1 is 1.06 bits per heavy atom. The van der Waals surface area contributed by atoms with Crippen LogP contribution in [0.25, 0.3) is 0 Å². The van der Waals surface area contributed by atoms with Crippen LogP contribution < -0.4 is 14.8 Å². The molecule has 1 aromatic rings. The first-order chi connectivity index (χ1) is 8.07. The van der Waals surface area contributed by atoms with Crippen molar-refractivity contribution in [2.24, 2.45) is 0 Å². The number of ether oxygens (including phenoxy) is 2. The van der Waals surface area contributed by atoms with Crippen molar-refractivity contribution in [3.63, 3.8) is 0 Å². The Hall–Kier alpha value is -1.22. The van der Waals surface area contributed by atoms with Crippen LogP contribution in [0, 0.1) is 0 Å². The van der Waals surface area contributed by atoms with Crippen molar-refractivity contribution in [2.75, 3.05) is 19.7 Å². The number of likely N-dealkylation sites (N-methyl/N-ethyl adjacent to an activating group) is 1. The van der Waals surface area contributed by atoms with Gasteiger partial charge < -0.3 is 14.8 Å². The second-order valence-corrected chi connectivity index (χ2v) is 4.55. The second kappa shape index (κ2) is 6.50. The molecule has 96 valence electrons. The number of hydrogen-bond acceptors (Lipinski definition) is 3. The number of nitrogens with one attached hydrogen (secondary N) is 1. The van der Waals surface area contributed by atoms with Crippen LogP contribution in [0.3, 0.4) is 0 Å². The van der Waals surface area contributed by atoms with Gasteiger partial charge >= 0.3 is 0 Å². The van der Waals surface area contributed by atoms with Crippen LogP contribution in [-0.4, -0.2) is 25.3 Å². The van der Waals surface area contributed by atoms with Gasteiger partial charge in [-0.05, 0) is 51.6 Å². The predicted octanol–water partition coefficient (Wildman–Crippen LogP) is 2.85. The van der Waals surface area contributed by atoms with Gasteiger partial charge in [0.15, 0.2) is 0 Å². The third-order valence-corrected chi connectivity index (χ3v) is 2.33. The molecule has 1 aromatic carbocycles. The van der Waals surface area contributed by atoms with Crippen LogP contribution in [0.2, 0.25) is 0 Å². The second-order valence-electron chi connectivity index (χ2n) is 4.55. The number of benzene rings is 1. The molecule has 0 aromatic heterocycles. The van der Waals surface area contributed by atoms with Crippen molar-refractivity contribution in [1.82, 2.24) is 5.32 Å². The van der Waals surface area contributed by atoms with Gasteiger partial charge in [-0.3, -0.25) is 0 Å². The molecule has 0 spiro atoms. The number of rotatable bonds is 7. The molecule has 0 aliphatic rings. The SMILES string of the molecule is CCNCC(C)(C)Oc1ccc(OCC)cc1. The summed E-state index contributed by atoms with van der Waals surface area (Å²) in [5.41, 5.74) is -0.205. The fourth-order valence-corrected chi connectivity index (χ4v) is 1.55. The van der Waals surface area contributed by atoms with Gasteiger partial charge in [-0.15, -0.1) is 0 Å². The van der Waals surface area contributed by atoms with Gasteiger partial charge in [-0.25, -0.2) is 0 Å². The average Bonchev–Trinajstić information content (AvgIpc) is 2.29. The van der Waals surface area contributed by atoms with Crippen LogP contribution in [0.15, 0.2) is 24.3 Å². The van der Waals surface area contributed by atoms with Crippen molar-refractivity contribution in [3.8, 4) is 11.5 Å². The van der Waals surface area contributed by atoms with Gasteiger partial charge in [0.25, 0.3) is 0 Å². The lowest BCUT2D eigenvalue weighted by Gasteiger charge is -2.26. The molecular weight excluding hydrogens is 214 g/mol. The lowest BCUT2D eigenvalue weighted by molar-refractivity contribution is 0.108. The molecule has 1 N–H and O–H groups in total. The molecule has 0 radical (unpaired) electrons. The minimum absolute atomic E-state index is 0.205. The van der Waals surface area contributed by atoms with E-state index in [1.807, 2.05) is 31.2 Å². The summed E-state index contributed by atoms with van der Waals surface area (Å²) in [5, 5.41) is 3.29. The van der Waals surface area contributed by atoms with Gasteiger partial charge in [0.2, 0.25) is 0 Å². The highest BCUT2D eigenvalue weighted by atomic mass is 16.5. The summed E-state index contributed by atoms with van der Waals surface area (Å²) in [6.45, 7) is 10.7. The Morgan fingerprint density at radius 3 is 2.18 bits per heavy atom. The molecular formula is C14H23NO2. The van der Waals surface area contributed by atoms with E-state index in [-0.39, 0.29) is 5.60 Å². The molecule has 3 nitrogen and oxygen atoms in total.